The van der Waals surface area contributed by atoms with Crippen LogP contribution in [-0.2, 0) is 0 Å². The first kappa shape index (κ1) is 20.3. The molecule has 0 aliphatic carbocycles. The molecule has 0 radical (unpaired) electrons. The van der Waals surface area contributed by atoms with Crippen LogP contribution in [0.5, 0.6) is 0 Å². The van der Waals surface area contributed by atoms with E-state index in [1.807, 2.05) is 31.2 Å². The summed E-state index contributed by atoms with van der Waals surface area (Å²) in [6, 6.07) is 10.7. The Kier molecular flexibility index (Phi) is 6.37. The second-order valence-corrected chi connectivity index (χ2v) is 8.56. The van der Waals surface area contributed by atoms with Crippen molar-refractivity contribution >= 4 is 23.5 Å². The fourth-order valence-corrected chi connectivity index (χ4v) is 2.54. The van der Waals surface area contributed by atoms with Crippen LogP contribution >= 0.6 is 12.6 Å². The number of nitrogens with zero attached hydrogens (tertiary/aromatic N) is 1. The number of hydrogen-bond acceptors (Lipinski definition) is 3. The zero-order chi connectivity index (χ0) is 19.5. The van der Waals surface area contributed by atoms with Gasteiger partial charge in [-0.1, -0.05) is 39.0 Å². The lowest BCUT2D eigenvalue weighted by molar-refractivity contribution is 0.584. The van der Waals surface area contributed by atoms with E-state index in [2.05, 4.69) is 38.4 Å². The largest absolute Gasteiger partial charge is 0.324 e. The minimum atomic E-state index is -0.617. The number of aromatic nitrogens is 1. The van der Waals surface area contributed by atoms with Crippen molar-refractivity contribution in [2.45, 2.75) is 38.5 Å². The van der Waals surface area contributed by atoms with E-state index in [-0.39, 0.29) is 10.8 Å². The van der Waals surface area contributed by atoms with Gasteiger partial charge in [-0.2, -0.15) is 12.6 Å². The molecule has 0 aliphatic rings. The maximum Gasteiger partial charge on any atom is 0.126 e. The molecule has 3 rings (SSSR count). The third kappa shape index (κ3) is 5.51. The first-order chi connectivity index (χ1) is 12.1. The highest BCUT2D eigenvalue weighted by Crippen LogP contribution is 2.34. The minimum absolute atomic E-state index is 0.194. The summed E-state index contributed by atoms with van der Waals surface area (Å²) in [6.07, 6.45) is 1.66. The number of nitrogens with two attached hydrogens (primary N) is 1. The van der Waals surface area contributed by atoms with Crippen molar-refractivity contribution < 1.29 is 8.78 Å². The Hall–Kier alpha value is -1.98. The first-order valence-corrected chi connectivity index (χ1v) is 8.83. The molecular weight excluding hydrogens is 350 g/mol. The smallest absolute Gasteiger partial charge is 0.126 e. The summed E-state index contributed by atoms with van der Waals surface area (Å²) < 4.78 is 27.3. The first-order valence-electron chi connectivity index (χ1n) is 8.38. The number of fused-ring (bicyclic) bond motifs is 1. The summed E-state index contributed by atoms with van der Waals surface area (Å²) in [5, 5.41) is 0.904. The Morgan fingerprint density at radius 3 is 2.15 bits per heavy atom. The summed E-state index contributed by atoms with van der Waals surface area (Å²) in [5.41, 5.74) is 8.64. The molecule has 2 aromatic carbocycles. The Morgan fingerprint density at radius 1 is 1.04 bits per heavy atom. The molecule has 3 aromatic rings. The number of rotatable bonds is 2. The third-order valence-corrected chi connectivity index (χ3v) is 3.45. The summed E-state index contributed by atoms with van der Waals surface area (Å²) in [7, 11) is 0. The van der Waals surface area contributed by atoms with Crippen molar-refractivity contribution in [3.05, 3.63) is 65.9 Å². The van der Waals surface area contributed by atoms with Crippen LogP contribution in [0.2, 0.25) is 0 Å². The molecule has 1 aromatic heterocycles. The van der Waals surface area contributed by atoms with Crippen LogP contribution in [0.4, 0.5) is 8.78 Å². The molecule has 1 heterocycles. The van der Waals surface area contributed by atoms with Crippen LogP contribution in [0.15, 0.2) is 48.7 Å². The standard InChI is InChI=1S/C17H14F2N2.C4H10S/c1-10(20)15-5-4-11-3-2-6-21-17(11)16(15)12-7-13(18)9-14(19)8-12;1-4(2,3)5/h2-10H,20H2,1H3;5H,1-3H3. The maximum atomic E-state index is 13.6. The number of pyridine rings is 1. The van der Waals surface area contributed by atoms with Gasteiger partial charge < -0.3 is 5.73 Å². The van der Waals surface area contributed by atoms with Crippen LogP contribution < -0.4 is 5.73 Å². The Balaban J connectivity index is 0.000000431. The lowest BCUT2D eigenvalue weighted by Crippen LogP contribution is -2.07. The molecule has 26 heavy (non-hydrogen) atoms. The van der Waals surface area contributed by atoms with Crippen molar-refractivity contribution in [1.29, 1.82) is 0 Å². The molecule has 0 amide bonds. The zero-order valence-electron chi connectivity index (χ0n) is 15.4. The van der Waals surface area contributed by atoms with E-state index in [4.69, 9.17) is 5.73 Å². The molecule has 138 valence electrons. The number of benzene rings is 2. The maximum absolute atomic E-state index is 13.6. The topological polar surface area (TPSA) is 38.9 Å². The van der Waals surface area contributed by atoms with Crippen LogP contribution in [0.1, 0.15) is 39.3 Å². The average Bonchev–Trinajstić information content (AvgIpc) is 2.51. The third-order valence-electron chi connectivity index (χ3n) is 3.45. The van der Waals surface area contributed by atoms with E-state index in [1.165, 1.54) is 12.1 Å². The summed E-state index contributed by atoms with van der Waals surface area (Å²) >= 11 is 4.12. The van der Waals surface area contributed by atoms with Gasteiger partial charge in [-0.3, -0.25) is 4.98 Å². The average molecular weight is 375 g/mol. The molecule has 5 heteroatoms. The summed E-state index contributed by atoms with van der Waals surface area (Å²) in [5.74, 6) is -1.23. The Labute approximate surface area is 158 Å². The number of halogens is 2. The van der Waals surface area contributed by atoms with Crippen molar-refractivity contribution in [1.82, 2.24) is 4.98 Å². The Morgan fingerprint density at radius 2 is 1.62 bits per heavy atom. The van der Waals surface area contributed by atoms with E-state index in [0.717, 1.165) is 17.0 Å². The fourth-order valence-electron chi connectivity index (χ4n) is 2.54. The van der Waals surface area contributed by atoms with Gasteiger partial charge in [0.25, 0.3) is 0 Å². The molecule has 0 saturated carbocycles. The highest BCUT2D eigenvalue weighted by molar-refractivity contribution is 7.81. The highest BCUT2D eigenvalue weighted by Gasteiger charge is 2.15. The lowest BCUT2D eigenvalue weighted by atomic mass is 9.93. The zero-order valence-corrected chi connectivity index (χ0v) is 16.3. The van der Waals surface area contributed by atoms with Crippen LogP contribution in [0.3, 0.4) is 0 Å². The van der Waals surface area contributed by atoms with Crippen molar-refractivity contribution in [3.63, 3.8) is 0 Å². The second-order valence-electron chi connectivity index (χ2n) is 7.22. The van der Waals surface area contributed by atoms with E-state index < -0.39 is 11.6 Å². The molecule has 0 bridgehead atoms. The highest BCUT2D eigenvalue weighted by atomic mass is 32.1. The van der Waals surface area contributed by atoms with E-state index in [0.29, 0.717) is 16.6 Å². The minimum Gasteiger partial charge on any atom is -0.324 e. The van der Waals surface area contributed by atoms with Gasteiger partial charge in [0.15, 0.2) is 0 Å². The lowest BCUT2D eigenvalue weighted by Gasteiger charge is -2.15. The fraction of sp³-hybridized carbons (Fsp3) is 0.286. The monoisotopic (exact) mass is 374 g/mol. The van der Waals surface area contributed by atoms with Gasteiger partial charge in [0.1, 0.15) is 11.6 Å². The second kappa shape index (κ2) is 8.14. The van der Waals surface area contributed by atoms with Gasteiger partial charge in [-0.25, -0.2) is 8.78 Å². The summed E-state index contributed by atoms with van der Waals surface area (Å²) in [4.78, 5) is 4.36. The number of thiol groups is 1. The van der Waals surface area contributed by atoms with Gasteiger partial charge in [-0.15, -0.1) is 0 Å². The molecule has 2 nitrogen and oxygen atoms in total. The molecular formula is C21H24F2N2S. The van der Waals surface area contributed by atoms with Gasteiger partial charge in [0.05, 0.1) is 5.52 Å². The normalized spacial score (nSPS) is 12.5. The van der Waals surface area contributed by atoms with Crippen molar-refractivity contribution in [2.24, 2.45) is 5.73 Å². The number of hydrogen-bond donors (Lipinski definition) is 2. The van der Waals surface area contributed by atoms with E-state index in [1.54, 1.807) is 6.20 Å². The molecule has 2 N–H and O–H groups in total. The van der Waals surface area contributed by atoms with Crippen LogP contribution in [0.25, 0.3) is 22.0 Å². The van der Waals surface area contributed by atoms with Gasteiger partial charge in [-0.05, 0) is 36.2 Å². The van der Waals surface area contributed by atoms with Crippen molar-refractivity contribution in [2.75, 3.05) is 0 Å². The van der Waals surface area contributed by atoms with E-state index >= 15 is 0 Å². The van der Waals surface area contributed by atoms with Gasteiger partial charge >= 0.3 is 0 Å². The van der Waals surface area contributed by atoms with Gasteiger partial charge in [0, 0.05) is 34.0 Å². The van der Waals surface area contributed by atoms with Crippen molar-refractivity contribution in [3.8, 4) is 11.1 Å². The van der Waals surface area contributed by atoms with Crippen LogP contribution in [0, 0.1) is 11.6 Å². The molecule has 1 unspecified atom stereocenters. The molecule has 1 atom stereocenters. The molecule has 0 spiro atoms. The predicted molar refractivity (Wildman–Crippen MR) is 108 cm³/mol. The SMILES string of the molecule is CC(C)(C)S.CC(N)c1ccc2cccnc2c1-c1cc(F)cc(F)c1. The Bertz CT molecular complexity index is 876. The molecule has 0 saturated heterocycles. The molecule has 0 aliphatic heterocycles. The van der Waals surface area contributed by atoms with E-state index in [9.17, 15) is 8.78 Å². The van der Waals surface area contributed by atoms with Gasteiger partial charge in [0.2, 0.25) is 0 Å². The predicted octanol–water partition coefficient (Wildman–Crippen LogP) is 5.91. The molecule has 0 fully saturated rings. The summed E-state index contributed by atoms with van der Waals surface area (Å²) in [6.45, 7) is 7.99. The quantitative estimate of drug-likeness (QED) is 0.547. The van der Waals surface area contributed by atoms with Crippen LogP contribution in [-0.4, -0.2) is 9.73 Å².